The van der Waals surface area contributed by atoms with Crippen molar-refractivity contribution in [1.29, 1.82) is 0 Å². The predicted octanol–water partition coefficient (Wildman–Crippen LogP) is 3.23. The van der Waals surface area contributed by atoms with Crippen LogP contribution < -0.4 is 5.73 Å². The zero-order valence-electron chi connectivity index (χ0n) is 9.01. The van der Waals surface area contributed by atoms with Gasteiger partial charge in [0.15, 0.2) is 0 Å². The van der Waals surface area contributed by atoms with Gasteiger partial charge in [-0.1, -0.05) is 32.9 Å². The summed E-state index contributed by atoms with van der Waals surface area (Å²) in [5.41, 5.74) is 7.12. The van der Waals surface area contributed by atoms with E-state index in [0.717, 1.165) is 5.70 Å². The summed E-state index contributed by atoms with van der Waals surface area (Å²) in [5.74, 6) is 0.676. The average Bonchev–Trinajstić information content (AvgIpc) is 2.17. The van der Waals surface area contributed by atoms with Gasteiger partial charge in [0.25, 0.3) is 0 Å². The molecule has 0 aromatic heterocycles. The third-order valence-corrected chi connectivity index (χ3v) is 3.47. The van der Waals surface area contributed by atoms with Gasteiger partial charge in [0, 0.05) is 5.70 Å². The SMILES string of the molecule is CCC1C=CC(N)=CC1(CC)CC. The Bertz CT molecular complexity index is 221. The summed E-state index contributed by atoms with van der Waals surface area (Å²) in [5, 5.41) is 0. The van der Waals surface area contributed by atoms with Crippen molar-refractivity contribution in [1.82, 2.24) is 0 Å². The van der Waals surface area contributed by atoms with Crippen molar-refractivity contribution in [2.45, 2.75) is 40.0 Å². The van der Waals surface area contributed by atoms with E-state index in [9.17, 15) is 0 Å². The van der Waals surface area contributed by atoms with Crippen LogP contribution in [0.4, 0.5) is 0 Å². The molecule has 1 unspecified atom stereocenters. The lowest BCUT2D eigenvalue weighted by molar-refractivity contribution is 0.242. The molecule has 0 saturated heterocycles. The van der Waals surface area contributed by atoms with Gasteiger partial charge in [0.1, 0.15) is 0 Å². The van der Waals surface area contributed by atoms with Gasteiger partial charge in [-0.2, -0.15) is 0 Å². The van der Waals surface area contributed by atoms with Gasteiger partial charge < -0.3 is 5.73 Å². The number of rotatable bonds is 3. The third kappa shape index (κ3) is 1.79. The summed E-state index contributed by atoms with van der Waals surface area (Å²) in [7, 11) is 0. The van der Waals surface area contributed by atoms with Crippen LogP contribution in [0.1, 0.15) is 40.0 Å². The molecule has 0 bridgehead atoms. The van der Waals surface area contributed by atoms with E-state index in [1.54, 1.807) is 0 Å². The number of hydrogen-bond acceptors (Lipinski definition) is 1. The highest BCUT2D eigenvalue weighted by atomic mass is 14.6. The van der Waals surface area contributed by atoms with Gasteiger partial charge in [-0.25, -0.2) is 0 Å². The Morgan fingerprint density at radius 1 is 1.31 bits per heavy atom. The van der Waals surface area contributed by atoms with E-state index in [1.165, 1.54) is 19.3 Å². The van der Waals surface area contributed by atoms with Gasteiger partial charge in [-0.15, -0.1) is 0 Å². The largest absolute Gasteiger partial charge is 0.399 e. The molecule has 1 heteroatoms. The molecule has 0 aromatic rings. The third-order valence-electron chi connectivity index (χ3n) is 3.47. The monoisotopic (exact) mass is 179 g/mol. The lowest BCUT2D eigenvalue weighted by Crippen LogP contribution is -2.29. The maximum Gasteiger partial charge on any atom is 0.0276 e. The van der Waals surface area contributed by atoms with Gasteiger partial charge in [0.2, 0.25) is 0 Å². The molecule has 1 atom stereocenters. The first kappa shape index (κ1) is 10.4. The molecule has 13 heavy (non-hydrogen) atoms. The highest BCUT2D eigenvalue weighted by Crippen LogP contribution is 2.42. The molecule has 1 aliphatic rings. The summed E-state index contributed by atoms with van der Waals surface area (Å²) in [6, 6.07) is 0. The van der Waals surface area contributed by atoms with Crippen LogP contribution in [0, 0.1) is 11.3 Å². The van der Waals surface area contributed by atoms with Crippen molar-refractivity contribution in [3.8, 4) is 0 Å². The van der Waals surface area contributed by atoms with Crippen molar-refractivity contribution >= 4 is 0 Å². The van der Waals surface area contributed by atoms with E-state index in [4.69, 9.17) is 5.73 Å². The van der Waals surface area contributed by atoms with Crippen molar-refractivity contribution in [3.05, 3.63) is 23.9 Å². The second kappa shape index (κ2) is 3.99. The van der Waals surface area contributed by atoms with Gasteiger partial charge in [0.05, 0.1) is 0 Å². The quantitative estimate of drug-likeness (QED) is 0.707. The number of hydrogen-bond donors (Lipinski definition) is 1. The van der Waals surface area contributed by atoms with Crippen molar-refractivity contribution < 1.29 is 0 Å². The second-order valence-corrected chi connectivity index (χ2v) is 3.96. The van der Waals surface area contributed by atoms with Crippen LogP contribution in [-0.4, -0.2) is 0 Å². The minimum Gasteiger partial charge on any atom is -0.399 e. The maximum absolute atomic E-state index is 5.85. The van der Waals surface area contributed by atoms with Crippen LogP contribution >= 0.6 is 0 Å². The standard InChI is InChI=1S/C12H21N/c1-4-10-7-8-11(13)9-12(10,5-2)6-3/h7-10H,4-6,13H2,1-3H3. The number of allylic oxidation sites excluding steroid dienone is 3. The fourth-order valence-corrected chi connectivity index (χ4v) is 2.43. The fraction of sp³-hybridized carbons (Fsp3) is 0.667. The zero-order valence-corrected chi connectivity index (χ0v) is 9.01. The van der Waals surface area contributed by atoms with Crippen LogP contribution in [-0.2, 0) is 0 Å². The smallest absolute Gasteiger partial charge is 0.0276 e. The molecule has 1 nitrogen and oxygen atoms in total. The van der Waals surface area contributed by atoms with E-state index in [-0.39, 0.29) is 0 Å². The van der Waals surface area contributed by atoms with Crippen molar-refractivity contribution in [2.24, 2.45) is 17.1 Å². The lowest BCUT2D eigenvalue weighted by atomic mass is 9.67. The van der Waals surface area contributed by atoms with Crippen molar-refractivity contribution in [2.75, 3.05) is 0 Å². The van der Waals surface area contributed by atoms with Gasteiger partial charge in [-0.05, 0) is 36.7 Å². The first-order valence-corrected chi connectivity index (χ1v) is 5.35. The molecule has 0 amide bonds. The van der Waals surface area contributed by atoms with E-state index in [2.05, 4.69) is 39.0 Å². The van der Waals surface area contributed by atoms with Crippen LogP contribution in [0.3, 0.4) is 0 Å². The Morgan fingerprint density at radius 3 is 2.38 bits per heavy atom. The summed E-state index contributed by atoms with van der Waals surface area (Å²) >= 11 is 0. The highest BCUT2D eigenvalue weighted by Gasteiger charge is 2.32. The van der Waals surface area contributed by atoms with Gasteiger partial charge in [-0.3, -0.25) is 0 Å². The first-order chi connectivity index (χ1) is 6.18. The molecule has 0 aliphatic heterocycles. The summed E-state index contributed by atoms with van der Waals surface area (Å²) < 4.78 is 0. The Morgan fingerprint density at radius 2 is 1.92 bits per heavy atom. The van der Waals surface area contributed by atoms with Crippen molar-refractivity contribution in [3.63, 3.8) is 0 Å². The molecule has 0 aromatic carbocycles. The van der Waals surface area contributed by atoms with Crippen LogP contribution in [0.25, 0.3) is 0 Å². The van der Waals surface area contributed by atoms with E-state index in [0.29, 0.717) is 11.3 Å². The molecular formula is C12H21N. The molecular weight excluding hydrogens is 158 g/mol. The van der Waals surface area contributed by atoms with E-state index in [1.807, 2.05) is 0 Å². The summed E-state index contributed by atoms with van der Waals surface area (Å²) in [6.45, 7) is 6.77. The minimum atomic E-state index is 0.327. The maximum atomic E-state index is 5.85. The van der Waals surface area contributed by atoms with E-state index >= 15 is 0 Å². The fourth-order valence-electron chi connectivity index (χ4n) is 2.43. The van der Waals surface area contributed by atoms with Gasteiger partial charge >= 0.3 is 0 Å². The summed E-state index contributed by atoms with van der Waals surface area (Å²) in [4.78, 5) is 0. The molecule has 0 spiro atoms. The average molecular weight is 179 g/mol. The van der Waals surface area contributed by atoms with Crippen LogP contribution in [0.2, 0.25) is 0 Å². The molecule has 1 aliphatic carbocycles. The Kier molecular flexibility index (Phi) is 3.18. The van der Waals surface area contributed by atoms with E-state index < -0.39 is 0 Å². The lowest BCUT2D eigenvalue weighted by Gasteiger charge is -2.37. The normalized spacial score (nSPS) is 25.8. The molecule has 74 valence electrons. The Hall–Kier alpha value is -0.720. The Balaban J connectivity index is 2.95. The molecule has 0 heterocycles. The molecule has 1 rings (SSSR count). The van der Waals surface area contributed by atoms with Crippen LogP contribution in [0.15, 0.2) is 23.9 Å². The predicted molar refractivity (Wildman–Crippen MR) is 58.2 cm³/mol. The number of nitrogens with two attached hydrogens (primary N) is 1. The molecule has 0 radical (unpaired) electrons. The highest BCUT2D eigenvalue weighted by molar-refractivity contribution is 5.26. The second-order valence-electron chi connectivity index (χ2n) is 3.96. The topological polar surface area (TPSA) is 26.0 Å². The Labute approximate surface area is 81.7 Å². The summed E-state index contributed by atoms with van der Waals surface area (Å²) in [6.07, 6.45) is 10.2. The zero-order chi connectivity index (χ0) is 9.90. The molecule has 0 fully saturated rings. The molecule has 0 saturated carbocycles. The molecule has 2 N–H and O–H groups in total. The first-order valence-electron chi connectivity index (χ1n) is 5.35. The van der Waals surface area contributed by atoms with Crippen LogP contribution in [0.5, 0.6) is 0 Å². The minimum absolute atomic E-state index is 0.327.